The zero-order valence-corrected chi connectivity index (χ0v) is 9.97. The van der Waals surface area contributed by atoms with Gasteiger partial charge in [0, 0.05) is 19.2 Å². The van der Waals surface area contributed by atoms with Gasteiger partial charge in [-0.05, 0) is 24.1 Å². The Labute approximate surface area is 100 Å². The van der Waals surface area contributed by atoms with E-state index in [-0.39, 0.29) is 12.5 Å². The molecular formula is C12H18N2O3. The largest absolute Gasteiger partial charge is 0.399 e. The summed E-state index contributed by atoms with van der Waals surface area (Å²) in [4.78, 5) is 10.7. The summed E-state index contributed by atoms with van der Waals surface area (Å²) >= 11 is 0. The molecule has 1 amide bonds. The van der Waals surface area contributed by atoms with Crippen molar-refractivity contribution >= 4 is 11.6 Å². The summed E-state index contributed by atoms with van der Waals surface area (Å²) in [6, 6.07) is 5.14. The van der Waals surface area contributed by atoms with Crippen molar-refractivity contribution in [1.29, 1.82) is 0 Å². The second-order valence-corrected chi connectivity index (χ2v) is 4.01. The van der Waals surface area contributed by atoms with Crippen molar-refractivity contribution in [3.05, 3.63) is 29.3 Å². The SMILES string of the molecule is CC(=O)NCC(O)C(O)c1cccc(N)c1C. The van der Waals surface area contributed by atoms with Crippen molar-refractivity contribution < 1.29 is 15.0 Å². The third-order valence-electron chi connectivity index (χ3n) is 2.66. The van der Waals surface area contributed by atoms with Crippen LogP contribution in [-0.2, 0) is 4.79 Å². The lowest BCUT2D eigenvalue weighted by molar-refractivity contribution is -0.119. The number of hydrogen-bond acceptors (Lipinski definition) is 4. The highest BCUT2D eigenvalue weighted by atomic mass is 16.3. The van der Waals surface area contributed by atoms with Crippen LogP contribution in [0, 0.1) is 6.92 Å². The standard InChI is InChI=1S/C12H18N2O3/c1-7-9(4-3-5-10(7)13)12(17)11(16)6-14-8(2)15/h3-5,11-12,16-17H,6,13H2,1-2H3,(H,14,15). The summed E-state index contributed by atoms with van der Waals surface area (Å²) < 4.78 is 0. The van der Waals surface area contributed by atoms with E-state index in [4.69, 9.17) is 5.73 Å². The number of nitrogen functional groups attached to an aromatic ring is 1. The molecule has 5 N–H and O–H groups in total. The van der Waals surface area contributed by atoms with Gasteiger partial charge in [0.05, 0.1) is 0 Å². The minimum Gasteiger partial charge on any atom is -0.399 e. The van der Waals surface area contributed by atoms with Gasteiger partial charge in [0.2, 0.25) is 5.91 Å². The van der Waals surface area contributed by atoms with E-state index in [1.165, 1.54) is 6.92 Å². The Bertz CT molecular complexity index is 407. The summed E-state index contributed by atoms with van der Waals surface area (Å²) in [6.07, 6.45) is -2.12. The summed E-state index contributed by atoms with van der Waals surface area (Å²) in [5.74, 6) is -0.249. The molecule has 0 aliphatic rings. The first-order chi connectivity index (χ1) is 7.93. The van der Waals surface area contributed by atoms with Crippen molar-refractivity contribution in [2.45, 2.75) is 26.1 Å². The lowest BCUT2D eigenvalue weighted by Crippen LogP contribution is -2.34. The van der Waals surface area contributed by atoms with Crippen molar-refractivity contribution in [3.8, 4) is 0 Å². The van der Waals surface area contributed by atoms with Crippen LogP contribution < -0.4 is 11.1 Å². The molecule has 1 aromatic carbocycles. The van der Waals surface area contributed by atoms with Crippen molar-refractivity contribution in [2.75, 3.05) is 12.3 Å². The van der Waals surface area contributed by atoms with Gasteiger partial charge in [-0.3, -0.25) is 4.79 Å². The molecule has 0 heterocycles. The van der Waals surface area contributed by atoms with E-state index >= 15 is 0 Å². The fourth-order valence-electron chi connectivity index (χ4n) is 1.56. The minimum atomic E-state index is -1.06. The van der Waals surface area contributed by atoms with Crippen molar-refractivity contribution in [3.63, 3.8) is 0 Å². The zero-order valence-electron chi connectivity index (χ0n) is 9.97. The third-order valence-corrected chi connectivity index (χ3v) is 2.66. The Morgan fingerprint density at radius 2 is 2.12 bits per heavy atom. The van der Waals surface area contributed by atoms with E-state index in [1.807, 2.05) is 0 Å². The van der Waals surface area contributed by atoms with Crippen LogP contribution in [0.25, 0.3) is 0 Å². The van der Waals surface area contributed by atoms with Crippen molar-refractivity contribution in [1.82, 2.24) is 5.32 Å². The van der Waals surface area contributed by atoms with Gasteiger partial charge in [0.1, 0.15) is 12.2 Å². The molecule has 0 saturated carbocycles. The topological polar surface area (TPSA) is 95.6 Å². The summed E-state index contributed by atoms with van der Waals surface area (Å²) in [6.45, 7) is 3.13. The quantitative estimate of drug-likeness (QED) is 0.560. The van der Waals surface area contributed by atoms with E-state index in [9.17, 15) is 15.0 Å². The van der Waals surface area contributed by atoms with Gasteiger partial charge in [-0.2, -0.15) is 0 Å². The molecule has 0 fully saturated rings. The average Bonchev–Trinajstić information content (AvgIpc) is 2.28. The van der Waals surface area contributed by atoms with Crippen LogP contribution in [0.2, 0.25) is 0 Å². The average molecular weight is 238 g/mol. The Morgan fingerprint density at radius 1 is 1.47 bits per heavy atom. The predicted molar refractivity (Wildman–Crippen MR) is 65.2 cm³/mol. The molecule has 2 unspecified atom stereocenters. The molecule has 0 radical (unpaired) electrons. The molecule has 1 aromatic rings. The number of nitrogens with two attached hydrogens (primary N) is 1. The van der Waals surface area contributed by atoms with Crippen LogP contribution in [-0.4, -0.2) is 28.8 Å². The fourth-order valence-corrected chi connectivity index (χ4v) is 1.56. The highest BCUT2D eigenvalue weighted by Crippen LogP contribution is 2.24. The van der Waals surface area contributed by atoms with E-state index in [0.29, 0.717) is 11.3 Å². The maximum atomic E-state index is 10.7. The molecule has 0 spiro atoms. The van der Waals surface area contributed by atoms with Crippen LogP contribution in [0.3, 0.4) is 0 Å². The van der Waals surface area contributed by atoms with E-state index in [1.54, 1.807) is 25.1 Å². The number of carbonyl (C=O) groups is 1. The van der Waals surface area contributed by atoms with Gasteiger partial charge >= 0.3 is 0 Å². The maximum absolute atomic E-state index is 10.7. The Hall–Kier alpha value is -1.59. The number of nitrogens with one attached hydrogen (secondary N) is 1. The molecule has 0 saturated heterocycles. The first-order valence-electron chi connectivity index (χ1n) is 5.39. The highest BCUT2D eigenvalue weighted by Gasteiger charge is 2.20. The molecule has 1 rings (SSSR count). The minimum absolute atomic E-state index is 0.00470. The van der Waals surface area contributed by atoms with Crippen LogP contribution >= 0.6 is 0 Å². The fraction of sp³-hybridized carbons (Fsp3) is 0.417. The number of anilines is 1. The van der Waals surface area contributed by atoms with Crippen LogP contribution in [0.15, 0.2) is 18.2 Å². The number of aliphatic hydroxyl groups is 2. The molecule has 5 heteroatoms. The van der Waals surface area contributed by atoms with Crippen molar-refractivity contribution in [2.24, 2.45) is 0 Å². The maximum Gasteiger partial charge on any atom is 0.216 e. The molecule has 17 heavy (non-hydrogen) atoms. The van der Waals surface area contributed by atoms with E-state index < -0.39 is 12.2 Å². The third kappa shape index (κ3) is 3.44. The molecule has 94 valence electrons. The molecule has 0 aromatic heterocycles. The van der Waals surface area contributed by atoms with Gasteiger partial charge in [-0.1, -0.05) is 12.1 Å². The lowest BCUT2D eigenvalue weighted by atomic mass is 9.98. The predicted octanol–water partition coefficient (Wildman–Crippen LogP) is 0.108. The number of aliphatic hydroxyl groups excluding tert-OH is 2. The first kappa shape index (κ1) is 13.5. The van der Waals surface area contributed by atoms with Crippen LogP contribution in [0.5, 0.6) is 0 Å². The van der Waals surface area contributed by atoms with E-state index in [2.05, 4.69) is 5.32 Å². The van der Waals surface area contributed by atoms with Gasteiger partial charge in [0.15, 0.2) is 0 Å². The molecule has 0 aliphatic heterocycles. The Kier molecular flexibility index (Phi) is 4.48. The number of rotatable bonds is 4. The Balaban J connectivity index is 2.77. The summed E-state index contributed by atoms with van der Waals surface area (Å²) in [7, 11) is 0. The number of amides is 1. The summed E-state index contributed by atoms with van der Waals surface area (Å²) in [5, 5.41) is 22.1. The molecule has 0 bridgehead atoms. The molecule has 2 atom stereocenters. The zero-order chi connectivity index (χ0) is 13.0. The van der Waals surface area contributed by atoms with Gasteiger partial charge in [-0.15, -0.1) is 0 Å². The normalized spacial score (nSPS) is 14.1. The van der Waals surface area contributed by atoms with Gasteiger partial charge in [-0.25, -0.2) is 0 Å². The summed E-state index contributed by atoms with van der Waals surface area (Å²) in [5.41, 5.74) is 7.59. The second-order valence-electron chi connectivity index (χ2n) is 4.01. The van der Waals surface area contributed by atoms with E-state index in [0.717, 1.165) is 5.56 Å². The highest BCUT2D eigenvalue weighted by molar-refractivity contribution is 5.72. The first-order valence-corrected chi connectivity index (χ1v) is 5.39. The number of hydrogen-bond donors (Lipinski definition) is 4. The Morgan fingerprint density at radius 3 is 2.71 bits per heavy atom. The second kappa shape index (κ2) is 5.65. The molecule has 5 nitrogen and oxygen atoms in total. The number of carbonyl (C=O) groups excluding carboxylic acids is 1. The van der Waals surface area contributed by atoms with Gasteiger partial charge < -0.3 is 21.3 Å². The molecule has 0 aliphatic carbocycles. The van der Waals surface area contributed by atoms with Gasteiger partial charge in [0.25, 0.3) is 0 Å². The lowest BCUT2D eigenvalue weighted by Gasteiger charge is -2.20. The van der Waals surface area contributed by atoms with Crippen LogP contribution in [0.1, 0.15) is 24.2 Å². The monoisotopic (exact) mass is 238 g/mol. The molecular weight excluding hydrogens is 220 g/mol. The number of benzene rings is 1. The smallest absolute Gasteiger partial charge is 0.216 e. The van der Waals surface area contributed by atoms with Crippen LogP contribution in [0.4, 0.5) is 5.69 Å².